The van der Waals surface area contributed by atoms with Crippen molar-refractivity contribution in [3.8, 4) is 0 Å². The van der Waals surface area contributed by atoms with Crippen LogP contribution in [0.3, 0.4) is 0 Å². The van der Waals surface area contributed by atoms with Crippen molar-refractivity contribution in [2.75, 3.05) is 25.0 Å². The molecule has 5 heteroatoms. The molecular weight excluding hydrogens is 330 g/mol. The van der Waals surface area contributed by atoms with Crippen LogP contribution in [0, 0.1) is 0 Å². The Hall–Kier alpha value is -1.07. The quantitative estimate of drug-likeness (QED) is 0.755. The first-order valence-electron chi connectivity index (χ1n) is 7.61. The van der Waals surface area contributed by atoms with Crippen LogP contribution in [0.25, 0.3) is 0 Å². The first kappa shape index (κ1) is 16.3. The van der Waals surface area contributed by atoms with E-state index in [9.17, 15) is 4.79 Å². The van der Waals surface area contributed by atoms with Crippen LogP contribution in [0.15, 0.2) is 22.7 Å². The monoisotopic (exact) mass is 353 g/mol. The van der Waals surface area contributed by atoms with E-state index in [-0.39, 0.29) is 5.91 Å². The van der Waals surface area contributed by atoms with Crippen LogP contribution in [0.5, 0.6) is 0 Å². The van der Waals surface area contributed by atoms with Crippen LogP contribution in [-0.4, -0.2) is 32.1 Å². The lowest BCUT2D eigenvalue weighted by atomic mass is 10.1. The summed E-state index contributed by atoms with van der Waals surface area (Å²) in [5, 5.41) is 6.26. The molecule has 0 bridgehead atoms. The molecule has 0 spiro atoms. The molecule has 2 N–H and O–H groups in total. The highest BCUT2D eigenvalue weighted by Gasteiger charge is 2.21. The molecule has 0 saturated heterocycles. The Bertz CT molecular complexity index is 488. The zero-order chi connectivity index (χ0) is 15.2. The third-order valence-corrected chi connectivity index (χ3v) is 4.15. The third kappa shape index (κ3) is 5.00. The lowest BCUT2D eigenvalue weighted by molar-refractivity contribution is -0.119. The van der Waals surface area contributed by atoms with Gasteiger partial charge in [-0.25, -0.2) is 0 Å². The Kier molecular flexibility index (Phi) is 6.06. The summed E-state index contributed by atoms with van der Waals surface area (Å²) in [4.78, 5) is 13.9. The van der Waals surface area contributed by atoms with Gasteiger partial charge in [0.1, 0.15) is 0 Å². The van der Waals surface area contributed by atoms with Gasteiger partial charge in [0.2, 0.25) is 5.91 Å². The molecule has 0 aliphatic heterocycles. The van der Waals surface area contributed by atoms with Gasteiger partial charge in [0.05, 0.1) is 6.54 Å². The highest BCUT2D eigenvalue weighted by atomic mass is 79.9. The zero-order valence-electron chi connectivity index (χ0n) is 12.8. The summed E-state index contributed by atoms with van der Waals surface area (Å²) in [7, 11) is 1.68. The molecule has 1 aromatic rings. The molecular formula is C16H24BrN3O. The lowest BCUT2D eigenvalue weighted by Gasteiger charge is -2.26. The number of halogens is 1. The second-order valence-electron chi connectivity index (χ2n) is 5.52. The predicted octanol–water partition coefficient (Wildman–Crippen LogP) is 2.66. The molecule has 1 saturated carbocycles. The Labute approximate surface area is 135 Å². The highest BCUT2D eigenvalue weighted by Crippen LogP contribution is 2.27. The summed E-state index contributed by atoms with van der Waals surface area (Å²) in [6.07, 6.45) is 3.57. The highest BCUT2D eigenvalue weighted by molar-refractivity contribution is 9.10. The van der Waals surface area contributed by atoms with E-state index in [1.807, 2.05) is 0 Å². The van der Waals surface area contributed by atoms with Gasteiger partial charge in [-0.2, -0.15) is 0 Å². The Morgan fingerprint density at radius 1 is 1.43 bits per heavy atom. The van der Waals surface area contributed by atoms with Gasteiger partial charge >= 0.3 is 0 Å². The number of amides is 1. The number of nitrogens with one attached hydrogen (secondary N) is 2. The minimum Gasteiger partial charge on any atom is -0.362 e. The number of carbonyl (C=O) groups excluding carboxylic acids is 1. The van der Waals surface area contributed by atoms with Gasteiger partial charge < -0.3 is 15.5 Å². The Balaban J connectivity index is 2.18. The summed E-state index contributed by atoms with van der Waals surface area (Å²) >= 11 is 3.54. The molecule has 0 atom stereocenters. The summed E-state index contributed by atoms with van der Waals surface area (Å²) in [5.74, 6) is 0.0459. The van der Waals surface area contributed by atoms with Crippen molar-refractivity contribution in [2.24, 2.45) is 0 Å². The molecule has 2 rings (SSSR count). The second-order valence-corrected chi connectivity index (χ2v) is 6.44. The standard InChI is InChI=1S/C16H24BrN3O/c1-3-8-20(11-16(21)18-2)15-9-13(17)5-4-12(15)10-19-14-6-7-14/h4-5,9,14,19H,3,6-8,10-11H2,1-2H3,(H,18,21). The molecule has 1 aliphatic carbocycles. The molecule has 0 radical (unpaired) electrons. The van der Waals surface area contributed by atoms with Gasteiger partial charge in [0.25, 0.3) is 0 Å². The van der Waals surface area contributed by atoms with E-state index in [1.165, 1.54) is 18.4 Å². The summed E-state index contributed by atoms with van der Waals surface area (Å²) in [6, 6.07) is 7.00. The third-order valence-electron chi connectivity index (χ3n) is 3.65. The Morgan fingerprint density at radius 2 is 2.19 bits per heavy atom. The van der Waals surface area contributed by atoms with E-state index in [2.05, 4.69) is 56.6 Å². The van der Waals surface area contributed by atoms with Crippen LogP contribution < -0.4 is 15.5 Å². The van der Waals surface area contributed by atoms with Crippen molar-refractivity contribution < 1.29 is 4.79 Å². The van der Waals surface area contributed by atoms with Gasteiger partial charge in [0, 0.05) is 36.3 Å². The second kappa shape index (κ2) is 7.80. The molecule has 1 amide bonds. The summed E-state index contributed by atoms with van der Waals surface area (Å²) < 4.78 is 1.05. The van der Waals surface area contributed by atoms with E-state index in [0.29, 0.717) is 12.6 Å². The molecule has 116 valence electrons. The molecule has 21 heavy (non-hydrogen) atoms. The van der Waals surface area contributed by atoms with Crippen LogP contribution in [0.4, 0.5) is 5.69 Å². The number of benzene rings is 1. The molecule has 0 aromatic heterocycles. The number of likely N-dealkylation sites (N-methyl/N-ethyl adjacent to an activating group) is 1. The molecule has 0 unspecified atom stereocenters. The average Bonchev–Trinajstić information content (AvgIpc) is 3.29. The van der Waals surface area contributed by atoms with E-state index in [4.69, 9.17) is 0 Å². The summed E-state index contributed by atoms with van der Waals surface area (Å²) in [6.45, 7) is 4.27. The van der Waals surface area contributed by atoms with Crippen LogP contribution in [0.1, 0.15) is 31.7 Å². The average molecular weight is 354 g/mol. The van der Waals surface area contributed by atoms with Crippen molar-refractivity contribution in [1.29, 1.82) is 0 Å². The van der Waals surface area contributed by atoms with Crippen molar-refractivity contribution >= 4 is 27.5 Å². The normalized spacial score (nSPS) is 14.0. The van der Waals surface area contributed by atoms with Crippen molar-refractivity contribution in [3.05, 3.63) is 28.2 Å². The molecule has 1 fully saturated rings. The lowest BCUT2D eigenvalue weighted by Crippen LogP contribution is -2.37. The largest absolute Gasteiger partial charge is 0.362 e. The minimum absolute atomic E-state index is 0.0459. The fourth-order valence-electron chi connectivity index (χ4n) is 2.33. The predicted molar refractivity (Wildman–Crippen MR) is 90.6 cm³/mol. The summed E-state index contributed by atoms with van der Waals surface area (Å²) in [5.41, 5.74) is 2.39. The van der Waals surface area contributed by atoms with Gasteiger partial charge in [-0.1, -0.05) is 28.9 Å². The molecule has 1 aliphatic rings. The van der Waals surface area contributed by atoms with E-state index in [0.717, 1.165) is 29.7 Å². The smallest absolute Gasteiger partial charge is 0.239 e. The van der Waals surface area contributed by atoms with Crippen LogP contribution >= 0.6 is 15.9 Å². The van der Waals surface area contributed by atoms with Crippen LogP contribution in [-0.2, 0) is 11.3 Å². The molecule has 4 nitrogen and oxygen atoms in total. The van der Waals surface area contributed by atoms with Gasteiger partial charge in [-0.05, 0) is 37.0 Å². The Morgan fingerprint density at radius 3 is 2.81 bits per heavy atom. The van der Waals surface area contributed by atoms with Gasteiger partial charge in [-0.3, -0.25) is 4.79 Å². The maximum atomic E-state index is 11.8. The van der Waals surface area contributed by atoms with E-state index in [1.54, 1.807) is 7.05 Å². The van der Waals surface area contributed by atoms with Crippen molar-refractivity contribution in [2.45, 2.75) is 38.8 Å². The van der Waals surface area contributed by atoms with E-state index >= 15 is 0 Å². The number of carbonyl (C=O) groups is 1. The number of hydrogen-bond donors (Lipinski definition) is 2. The van der Waals surface area contributed by atoms with Crippen molar-refractivity contribution in [3.63, 3.8) is 0 Å². The van der Waals surface area contributed by atoms with E-state index < -0.39 is 0 Å². The van der Waals surface area contributed by atoms with Gasteiger partial charge in [-0.15, -0.1) is 0 Å². The SMILES string of the molecule is CCCN(CC(=O)NC)c1cc(Br)ccc1CNC1CC1. The number of nitrogens with zero attached hydrogens (tertiary/aromatic N) is 1. The fraction of sp³-hybridized carbons (Fsp3) is 0.562. The number of rotatable bonds is 8. The molecule has 0 heterocycles. The topological polar surface area (TPSA) is 44.4 Å². The maximum absolute atomic E-state index is 11.8. The van der Waals surface area contributed by atoms with Crippen LogP contribution in [0.2, 0.25) is 0 Å². The van der Waals surface area contributed by atoms with Crippen molar-refractivity contribution in [1.82, 2.24) is 10.6 Å². The van der Waals surface area contributed by atoms with Gasteiger partial charge in [0.15, 0.2) is 0 Å². The zero-order valence-corrected chi connectivity index (χ0v) is 14.4. The first-order chi connectivity index (χ1) is 10.1. The first-order valence-corrected chi connectivity index (χ1v) is 8.40. The number of anilines is 1. The minimum atomic E-state index is 0.0459. The maximum Gasteiger partial charge on any atom is 0.239 e. The number of hydrogen-bond acceptors (Lipinski definition) is 3. The molecule has 1 aromatic carbocycles. The fourth-order valence-corrected chi connectivity index (χ4v) is 2.68.